The molecule has 0 unspecified atom stereocenters. The lowest BCUT2D eigenvalue weighted by atomic mass is 10.1. The molecule has 0 aliphatic carbocycles. The van der Waals surface area contributed by atoms with Crippen molar-refractivity contribution in [3.05, 3.63) is 49.3 Å². The number of benzene rings is 1. The van der Waals surface area contributed by atoms with Gasteiger partial charge >= 0.3 is 0 Å². The van der Waals surface area contributed by atoms with Gasteiger partial charge in [0, 0.05) is 24.5 Å². The molecular weight excluding hydrogens is 226 g/mol. The van der Waals surface area contributed by atoms with Crippen LogP contribution < -0.4 is 10.1 Å². The number of nitrogens with one attached hydrogen (secondary N) is 1. The molecule has 0 aliphatic rings. The third-order valence-electron chi connectivity index (χ3n) is 2.47. The Kier molecular flexibility index (Phi) is 3.91. The highest BCUT2D eigenvalue weighted by atomic mass is 16.5. The van der Waals surface area contributed by atoms with Crippen molar-refractivity contribution < 1.29 is 4.74 Å². The Morgan fingerprint density at radius 3 is 2.83 bits per heavy atom. The molecule has 0 aliphatic heterocycles. The lowest BCUT2D eigenvalue weighted by molar-refractivity contribution is 0.416. The zero-order valence-corrected chi connectivity index (χ0v) is 10.3. The molecule has 1 aromatic carbocycles. The highest BCUT2D eigenvalue weighted by Gasteiger charge is 2.11. The summed E-state index contributed by atoms with van der Waals surface area (Å²) >= 11 is 0. The quantitative estimate of drug-likeness (QED) is 0.818. The Balaban J connectivity index is 2.46. The monoisotopic (exact) mass is 241 g/mol. The molecule has 2 rings (SSSR count). The second-order valence-electron chi connectivity index (χ2n) is 3.62. The molecule has 0 atom stereocenters. The summed E-state index contributed by atoms with van der Waals surface area (Å²) in [6.07, 6.45) is 5.10. The first kappa shape index (κ1) is 12.1. The van der Waals surface area contributed by atoms with Crippen LogP contribution in [0.3, 0.4) is 0 Å². The fourth-order valence-corrected chi connectivity index (χ4v) is 1.67. The number of nitrogens with zero attached hydrogens (tertiary/aromatic N) is 2. The summed E-state index contributed by atoms with van der Waals surface area (Å²) in [6.45, 7) is 4.32. The maximum Gasteiger partial charge on any atom is 0.152 e. The molecule has 2 aromatic rings. The summed E-state index contributed by atoms with van der Waals surface area (Å²) in [5.41, 5.74) is 1.69. The molecule has 0 fully saturated rings. The minimum Gasteiger partial charge on any atom is -0.496 e. The van der Waals surface area contributed by atoms with E-state index in [0.717, 1.165) is 22.8 Å². The Bertz CT molecular complexity index is 540. The van der Waals surface area contributed by atoms with Gasteiger partial charge in [-0.15, -0.1) is 6.58 Å². The molecule has 1 heterocycles. The number of hydrogen-bond donors (Lipinski definition) is 1. The van der Waals surface area contributed by atoms with E-state index in [1.807, 2.05) is 24.3 Å². The SMILES string of the molecule is C=CCNc1nccnc1-c1ccccc1OC. The summed E-state index contributed by atoms with van der Waals surface area (Å²) in [7, 11) is 1.64. The fraction of sp³-hybridized carbons (Fsp3) is 0.143. The molecule has 18 heavy (non-hydrogen) atoms. The van der Waals surface area contributed by atoms with Gasteiger partial charge in [-0.25, -0.2) is 4.98 Å². The van der Waals surface area contributed by atoms with Crippen molar-refractivity contribution in [2.75, 3.05) is 19.0 Å². The zero-order valence-electron chi connectivity index (χ0n) is 10.3. The Morgan fingerprint density at radius 1 is 1.28 bits per heavy atom. The summed E-state index contributed by atoms with van der Waals surface area (Å²) in [6, 6.07) is 7.74. The molecule has 4 heteroatoms. The minimum absolute atomic E-state index is 0.640. The molecule has 0 spiro atoms. The van der Waals surface area contributed by atoms with Gasteiger partial charge in [-0.3, -0.25) is 4.98 Å². The summed E-state index contributed by atoms with van der Waals surface area (Å²) in [5.74, 6) is 1.50. The van der Waals surface area contributed by atoms with Crippen molar-refractivity contribution in [1.82, 2.24) is 9.97 Å². The van der Waals surface area contributed by atoms with Gasteiger partial charge in [0.1, 0.15) is 11.4 Å². The Labute approximate surface area is 106 Å². The van der Waals surface area contributed by atoms with Crippen molar-refractivity contribution in [3.8, 4) is 17.0 Å². The highest BCUT2D eigenvalue weighted by molar-refractivity contribution is 5.76. The Morgan fingerprint density at radius 2 is 2.06 bits per heavy atom. The van der Waals surface area contributed by atoms with Crippen LogP contribution in [0.4, 0.5) is 5.82 Å². The van der Waals surface area contributed by atoms with Gasteiger partial charge in [0.25, 0.3) is 0 Å². The summed E-state index contributed by atoms with van der Waals surface area (Å²) in [5, 5.41) is 3.17. The van der Waals surface area contributed by atoms with E-state index in [2.05, 4.69) is 21.9 Å². The van der Waals surface area contributed by atoms with E-state index in [-0.39, 0.29) is 0 Å². The number of ether oxygens (including phenoxy) is 1. The van der Waals surface area contributed by atoms with E-state index in [9.17, 15) is 0 Å². The van der Waals surface area contributed by atoms with Gasteiger partial charge in [0.15, 0.2) is 5.82 Å². The number of methoxy groups -OCH3 is 1. The summed E-state index contributed by atoms with van der Waals surface area (Å²) in [4.78, 5) is 8.66. The number of rotatable bonds is 5. The van der Waals surface area contributed by atoms with E-state index in [1.165, 1.54) is 0 Å². The normalized spacial score (nSPS) is 9.83. The Hall–Kier alpha value is -2.36. The predicted octanol–water partition coefficient (Wildman–Crippen LogP) is 2.75. The van der Waals surface area contributed by atoms with Gasteiger partial charge in [0.2, 0.25) is 0 Å². The predicted molar refractivity (Wildman–Crippen MR) is 72.7 cm³/mol. The van der Waals surface area contributed by atoms with E-state index in [1.54, 1.807) is 25.6 Å². The second kappa shape index (κ2) is 5.82. The van der Waals surface area contributed by atoms with Crippen LogP contribution in [0.1, 0.15) is 0 Å². The van der Waals surface area contributed by atoms with Crippen molar-refractivity contribution in [1.29, 1.82) is 0 Å². The molecule has 0 saturated heterocycles. The minimum atomic E-state index is 0.640. The second-order valence-corrected chi connectivity index (χ2v) is 3.62. The van der Waals surface area contributed by atoms with Crippen molar-refractivity contribution in [2.45, 2.75) is 0 Å². The number of aromatic nitrogens is 2. The van der Waals surface area contributed by atoms with Crippen LogP contribution >= 0.6 is 0 Å². The molecule has 1 aromatic heterocycles. The molecule has 92 valence electrons. The van der Waals surface area contributed by atoms with Crippen LogP contribution in [0.15, 0.2) is 49.3 Å². The standard InChI is InChI=1S/C14H15N3O/c1-3-8-16-14-13(15-9-10-17-14)11-6-4-5-7-12(11)18-2/h3-7,9-10H,1,8H2,2H3,(H,16,17). The molecule has 4 nitrogen and oxygen atoms in total. The molecular formula is C14H15N3O. The first-order chi connectivity index (χ1) is 8.86. The lowest BCUT2D eigenvalue weighted by Gasteiger charge is -2.11. The third kappa shape index (κ3) is 2.48. The first-order valence-electron chi connectivity index (χ1n) is 5.66. The lowest BCUT2D eigenvalue weighted by Crippen LogP contribution is -2.03. The molecule has 0 amide bonds. The van der Waals surface area contributed by atoms with Crippen molar-refractivity contribution in [3.63, 3.8) is 0 Å². The summed E-state index contributed by atoms with van der Waals surface area (Å²) < 4.78 is 5.34. The van der Waals surface area contributed by atoms with Crippen molar-refractivity contribution >= 4 is 5.82 Å². The maximum absolute atomic E-state index is 5.34. The van der Waals surface area contributed by atoms with E-state index >= 15 is 0 Å². The average Bonchev–Trinajstić information content (AvgIpc) is 2.45. The van der Waals surface area contributed by atoms with Crippen LogP contribution in [0.5, 0.6) is 5.75 Å². The molecule has 0 radical (unpaired) electrons. The van der Waals surface area contributed by atoms with E-state index < -0.39 is 0 Å². The number of anilines is 1. The van der Waals surface area contributed by atoms with Gasteiger partial charge in [0.05, 0.1) is 7.11 Å². The zero-order chi connectivity index (χ0) is 12.8. The third-order valence-corrected chi connectivity index (χ3v) is 2.47. The highest BCUT2D eigenvalue weighted by Crippen LogP contribution is 2.31. The average molecular weight is 241 g/mol. The molecule has 0 bridgehead atoms. The van der Waals surface area contributed by atoms with Gasteiger partial charge in [-0.05, 0) is 12.1 Å². The maximum atomic E-state index is 5.34. The van der Waals surface area contributed by atoms with E-state index in [0.29, 0.717) is 6.54 Å². The van der Waals surface area contributed by atoms with E-state index in [4.69, 9.17) is 4.74 Å². The molecule has 0 saturated carbocycles. The van der Waals surface area contributed by atoms with Crippen LogP contribution in [-0.2, 0) is 0 Å². The van der Waals surface area contributed by atoms with Crippen molar-refractivity contribution in [2.24, 2.45) is 0 Å². The number of hydrogen-bond acceptors (Lipinski definition) is 4. The van der Waals surface area contributed by atoms with Crippen LogP contribution in [0.2, 0.25) is 0 Å². The largest absolute Gasteiger partial charge is 0.496 e. The van der Waals surface area contributed by atoms with Gasteiger partial charge in [-0.2, -0.15) is 0 Å². The van der Waals surface area contributed by atoms with Gasteiger partial charge in [-0.1, -0.05) is 18.2 Å². The first-order valence-corrected chi connectivity index (χ1v) is 5.66. The smallest absolute Gasteiger partial charge is 0.152 e. The van der Waals surface area contributed by atoms with Crippen LogP contribution in [0.25, 0.3) is 11.3 Å². The topological polar surface area (TPSA) is 47.0 Å². The number of para-hydroxylation sites is 1. The van der Waals surface area contributed by atoms with Crippen LogP contribution in [-0.4, -0.2) is 23.6 Å². The fourth-order valence-electron chi connectivity index (χ4n) is 1.67. The molecule has 1 N–H and O–H groups in total. The van der Waals surface area contributed by atoms with Crippen LogP contribution in [0, 0.1) is 0 Å². The van der Waals surface area contributed by atoms with Gasteiger partial charge < -0.3 is 10.1 Å².